The number of aromatic nitrogens is 1. The Morgan fingerprint density at radius 1 is 1.25 bits per heavy atom. The van der Waals surface area contributed by atoms with Crippen molar-refractivity contribution in [3.63, 3.8) is 0 Å². The zero-order chi connectivity index (χ0) is 14.7. The molecule has 2 rings (SSSR count). The summed E-state index contributed by atoms with van der Waals surface area (Å²) < 4.78 is 26.0. The maximum absolute atomic E-state index is 14.0. The standard InChI is InChI=1S/C13H9Br2ClFNO2/c1-19-10-4-9(15)11(5-8(10)14)20-13-12(17)7(6-16)2-3-18-13/h2-5H,6H2,1H3. The van der Waals surface area contributed by atoms with Crippen LogP contribution < -0.4 is 9.47 Å². The smallest absolute Gasteiger partial charge is 0.256 e. The van der Waals surface area contributed by atoms with Crippen LogP contribution in [0.2, 0.25) is 0 Å². The first kappa shape index (κ1) is 15.5. The minimum Gasteiger partial charge on any atom is -0.496 e. The fraction of sp³-hybridized carbons (Fsp3) is 0.154. The van der Waals surface area contributed by atoms with Gasteiger partial charge in [-0.1, -0.05) is 0 Å². The van der Waals surface area contributed by atoms with E-state index >= 15 is 0 Å². The summed E-state index contributed by atoms with van der Waals surface area (Å²) in [6.07, 6.45) is 1.45. The number of hydrogen-bond acceptors (Lipinski definition) is 3. The maximum atomic E-state index is 14.0. The minimum absolute atomic E-state index is 0.0538. The van der Waals surface area contributed by atoms with E-state index in [-0.39, 0.29) is 11.8 Å². The van der Waals surface area contributed by atoms with Crippen LogP contribution in [0.3, 0.4) is 0 Å². The third kappa shape index (κ3) is 3.24. The van der Waals surface area contributed by atoms with Crippen molar-refractivity contribution in [2.24, 2.45) is 0 Å². The van der Waals surface area contributed by atoms with E-state index in [9.17, 15) is 4.39 Å². The SMILES string of the molecule is COc1cc(Br)c(Oc2nccc(CCl)c2F)cc1Br. The van der Waals surface area contributed by atoms with Gasteiger partial charge in [-0.2, -0.15) is 0 Å². The number of alkyl halides is 1. The molecular formula is C13H9Br2ClFNO2. The Morgan fingerprint density at radius 3 is 2.55 bits per heavy atom. The van der Waals surface area contributed by atoms with E-state index in [1.807, 2.05) is 0 Å². The predicted molar refractivity (Wildman–Crippen MR) is 82.2 cm³/mol. The van der Waals surface area contributed by atoms with Gasteiger partial charge >= 0.3 is 0 Å². The number of hydrogen-bond donors (Lipinski definition) is 0. The highest BCUT2D eigenvalue weighted by Gasteiger charge is 2.14. The Bertz CT molecular complexity index is 640. The van der Waals surface area contributed by atoms with Crippen LogP contribution in [-0.2, 0) is 5.88 Å². The number of pyridine rings is 1. The number of methoxy groups -OCH3 is 1. The van der Waals surface area contributed by atoms with Gasteiger partial charge in [0.2, 0.25) is 0 Å². The third-order valence-electron chi connectivity index (χ3n) is 2.49. The fourth-order valence-corrected chi connectivity index (χ4v) is 2.58. The zero-order valence-corrected chi connectivity index (χ0v) is 14.2. The highest BCUT2D eigenvalue weighted by atomic mass is 79.9. The van der Waals surface area contributed by atoms with Gasteiger partial charge in [-0.15, -0.1) is 11.6 Å². The molecule has 0 atom stereocenters. The van der Waals surface area contributed by atoms with Crippen LogP contribution in [0.1, 0.15) is 5.56 Å². The van der Waals surface area contributed by atoms with E-state index in [1.54, 1.807) is 19.2 Å². The van der Waals surface area contributed by atoms with Crippen LogP contribution in [0.25, 0.3) is 0 Å². The van der Waals surface area contributed by atoms with Crippen LogP contribution >= 0.6 is 43.5 Å². The van der Waals surface area contributed by atoms with E-state index in [2.05, 4.69) is 36.8 Å². The number of nitrogens with zero attached hydrogens (tertiary/aromatic N) is 1. The molecule has 0 radical (unpaired) electrons. The monoisotopic (exact) mass is 423 g/mol. The lowest BCUT2D eigenvalue weighted by molar-refractivity contribution is 0.402. The van der Waals surface area contributed by atoms with Gasteiger partial charge in [0.25, 0.3) is 5.88 Å². The highest BCUT2D eigenvalue weighted by Crippen LogP contribution is 2.38. The van der Waals surface area contributed by atoms with Crippen molar-refractivity contribution < 1.29 is 13.9 Å². The molecule has 0 saturated heterocycles. The van der Waals surface area contributed by atoms with Crippen LogP contribution in [0.5, 0.6) is 17.4 Å². The summed E-state index contributed by atoms with van der Waals surface area (Å²) in [4.78, 5) is 3.87. The van der Waals surface area contributed by atoms with Crippen molar-refractivity contribution in [1.82, 2.24) is 4.98 Å². The zero-order valence-electron chi connectivity index (χ0n) is 10.3. The fourth-order valence-electron chi connectivity index (χ4n) is 1.49. The van der Waals surface area contributed by atoms with Gasteiger partial charge in [-0.25, -0.2) is 9.37 Å². The predicted octanol–water partition coefficient (Wildman–Crippen LogP) is 5.29. The summed E-state index contributed by atoms with van der Waals surface area (Å²) in [6, 6.07) is 4.88. The molecule has 1 heterocycles. The van der Waals surface area contributed by atoms with Crippen molar-refractivity contribution in [3.8, 4) is 17.4 Å². The van der Waals surface area contributed by atoms with Crippen LogP contribution in [-0.4, -0.2) is 12.1 Å². The molecular weight excluding hydrogens is 416 g/mol. The molecule has 0 spiro atoms. The normalized spacial score (nSPS) is 10.4. The lowest BCUT2D eigenvalue weighted by Crippen LogP contribution is -1.97. The summed E-state index contributed by atoms with van der Waals surface area (Å²) in [6.45, 7) is 0. The molecule has 0 aliphatic heterocycles. The topological polar surface area (TPSA) is 31.4 Å². The first-order valence-corrected chi connectivity index (χ1v) is 7.59. The molecule has 7 heteroatoms. The largest absolute Gasteiger partial charge is 0.496 e. The quantitative estimate of drug-likeness (QED) is 0.624. The van der Waals surface area contributed by atoms with Crippen LogP contribution in [0, 0.1) is 5.82 Å². The lowest BCUT2D eigenvalue weighted by atomic mass is 10.3. The van der Waals surface area contributed by atoms with E-state index in [1.165, 1.54) is 12.3 Å². The molecule has 0 saturated carbocycles. The van der Waals surface area contributed by atoms with Crippen molar-refractivity contribution in [2.75, 3.05) is 7.11 Å². The van der Waals surface area contributed by atoms with Crippen molar-refractivity contribution in [2.45, 2.75) is 5.88 Å². The number of benzene rings is 1. The molecule has 20 heavy (non-hydrogen) atoms. The minimum atomic E-state index is -0.568. The molecule has 0 aliphatic carbocycles. The van der Waals surface area contributed by atoms with E-state index in [0.29, 0.717) is 26.0 Å². The Kier molecular flexibility index (Phi) is 5.23. The number of rotatable bonds is 4. The van der Waals surface area contributed by atoms with Gasteiger partial charge in [0.1, 0.15) is 11.5 Å². The second-order valence-corrected chi connectivity index (χ2v) is 5.72. The van der Waals surface area contributed by atoms with Gasteiger partial charge in [0.05, 0.1) is 21.9 Å². The Morgan fingerprint density at radius 2 is 1.90 bits per heavy atom. The van der Waals surface area contributed by atoms with Gasteiger partial charge in [-0.3, -0.25) is 0 Å². The molecule has 1 aromatic carbocycles. The van der Waals surface area contributed by atoms with Gasteiger partial charge < -0.3 is 9.47 Å². The third-order valence-corrected chi connectivity index (χ3v) is 4.02. The van der Waals surface area contributed by atoms with Gasteiger partial charge in [0.15, 0.2) is 5.82 Å². The molecule has 1 aromatic heterocycles. The molecule has 3 nitrogen and oxygen atoms in total. The molecule has 0 fully saturated rings. The van der Waals surface area contributed by atoms with E-state index in [4.69, 9.17) is 21.1 Å². The number of halogens is 4. The summed E-state index contributed by atoms with van der Waals surface area (Å²) in [7, 11) is 1.55. The molecule has 2 aromatic rings. The average molecular weight is 425 g/mol. The van der Waals surface area contributed by atoms with Crippen molar-refractivity contribution in [3.05, 3.63) is 44.7 Å². The molecule has 106 valence electrons. The van der Waals surface area contributed by atoms with E-state index in [0.717, 1.165) is 0 Å². The average Bonchev–Trinajstić information content (AvgIpc) is 2.44. The summed E-state index contributed by atoms with van der Waals surface area (Å²) in [5.74, 6) is 0.406. The molecule has 0 N–H and O–H groups in total. The molecule has 0 bridgehead atoms. The Labute approximate surface area is 137 Å². The number of ether oxygens (including phenoxy) is 2. The van der Waals surface area contributed by atoms with Gasteiger partial charge in [-0.05, 0) is 50.1 Å². The Hall–Kier alpha value is -0.850. The summed E-state index contributed by atoms with van der Waals surface area (Å²) >= 11 is 12.3. The lowest BCUT2D eigenvalue weighted by Gasteiger charge is -2.11. The van der Waals surface area contributed by atoms with Crippen LogP contribution in [0.15, 0.2) is 33.3 Å². The molecule has 0 unspecified atom stereocenters. The summed E-state index contributed by atoms with van der Waals surface area (Å²) in [5.41, 5.74) is 0.334. The van der Waals surface area contributed by atoms with Crippen molar-refractivity contribution >= 4 is 43.5 Å². The molecule has 0 aliphatic rings. The first-order chi connectivity index (χ1) is 9.56. The summed E-state index contributed by atoms with van der Waals surface area (Å²) in [5, 5.41) is 0. The second-order valence-electron chi connectivity index (χ2n) is 3.74. The van der Waals surface area contributed by atoms with Crippen LogP contribution in [0.4, 0.5) is 4.39 Å². The first-order valence-electron chi connectivity index (χ1n) is 5.47. The Balaban J connectivity index is 2.38. The second kappa shape index (κ2) is 6.74. The van der Waals surface area contributed by atoms with Gasteiger partial charge in [0, 0.05) is 11.8 Å². The van der Waals surface area contributed by atoms with Crippen molar-refractivity contribution in [1.29, 1.82) is 0 Å². The highest BCUT2D eigenvalue weighted by molar-refractivity contribution is 9.11. The maximum Gasteiger partial charge on any atom is 0.256 e. The van der Waals surface area contributed by atoms with E-state index < -0.39 is 5.82 Å². The molecule has 0 amide bonds.